The Kier molecular flexibility index (Phi) is 3.52. The van der Waals surface area contributed by atoms with E-state index < -0.39 is 5.60 Å². The molecule has 1 aliphatic heterocycles. The first kappa shape index (κ1) is 13.6. The third-order valence-corrected chi connectivity index (χ3v) is 4.26. The molecule has 0 radical (unpaired) electrons. The molecule has 1 aromatic carbocycles. The maximum absolute atomic E-state index is 11.5. The van der Waals surface area contributed by atoms with E-state index in [1.54, 1.807) is 13.0 Å². The van der Waals surface area contributed by atoms with Crippen molar-refractivity contribution in [2.75, 3.05) is 26.2 Å². The summed E-state index contributed by atoms with van der Waals surface area (Å²) in [5.41, 5.74) is 0.197. The fourth-order valence-electron chi connectivity index (χ4n) is 2.93. The normalized spacial score (nSPS) is 21.3. The van der Waals surface area contributed by atoms with Crippen molar-refractivity contribution >= 4 is 5.78 Å². The van der Waals surface area contributed by atoms with Crippen LogP contribution in [0.15, 0.2) is 24.3 Å². The van der Waals surface area contributed by atoms with E-state index in [0.717, 1.165) is 19.6 Å². The second kappa shape index (κ2) is 5.19. The second-order valence-corrected chi connectivity index (χ2v) is 5.99. The van der Waals surface area contributed by atoms with Crippen LogP contribution in [0.5, 0.6) is 5.75 Å². The highest BCUT2D eigenvalue weighted by molar-refractivity contribution is 5.96. The van der Waals surface area contributed by atoms with Crippen molar-refractivity contribution in [3.8, 4) is 5.75 Å². The van der Waals surface area contributed by atoms with E-state index in [1.165, 1.54) is 12.8 Å². The van der Waals surface area contributed by atoms with Crippen LogP contribution in [0.25, 0.3) is 0 Å². The van der Waals surface area contributed by atoms with Crippen LogP contribution in [0, 0.1) is 5.92 Å². The van der Waals surface area contributed by atoms with E-state index in [0.29, 0.717) is 23.8 Å². The number of likely N-dealkylation sites (tertiary alicyclic amines) is 1. The van der Waals surface area contributed by atoms with Gasteiger partial charge in [0.25, 0.3) is 0 Å². The average molecular weight is 275 g/mol. The summed E-state index contributed by atoms with van der Waals surface area (Å²) in [5.74, 6) is 1.20. The van der Waals surface area contributed by atoms with Gasteiger partial charge in [0, 0.05) is 19.6 Å². The summed E-state index contributed by atoms with van der Waals surface area (Å²) in [5, 5.41) is 10.2. The number of carbonyl (C=O) groups excluding carboxylic acids is 1. The molecule has 2 fully saturated rings. The van der Waals surface area contributed by atoms with Gasteiger partial charge in [0.1, 0.15) is 12.4 Å². The van der Waals surface area contributed by atoms with E-state index in [2.05, 4.69) is 4.90 Å². The Balaban J connectivity index is 1.46. The molecule has 4 heteroatoms. The van der Waals surface area contributed by atoms with Crippen LogP contribution >= 0.6 is 0 Å². The summed E-state index contributed by atoms with van der Waals surface area (Å²) >= 11 is 0. The zero-order chi connectivity index (χ0) is 14.2. The number of hydrogen-bond acceptors (Lipinski definition) is 4. The average Bonchev–Trinajstić information content (AvgIpc) is 3.21. The predicted octanol–water partition coefficient (Wildman–Crippen LogP) is 1.72. The van der Waals surface area contributed by atoms with E-state index in [1.807, 2.05) is 18.2 Å². The van der Waals surface area contributed by atoms with E-state index in [9.17, 15) is 9.90 Å². The van der Waals surface area contributed by atoms with Gasteiger partial charge in [-0.2, -0.15) is 0 Å². The second-order valence-electron chi connectivity index (χ2n) is 5.99. The SMILES string of the molecule is CC(=O)c1ccccc1OCCN1CC(O)(C2CC2)C1. The zero-order valence-electron chi connectivity index (χ0n) is 11.8. The lowest BCUT2D eigenvalue weighted by atomic mass is 9.89. The number of hydrogen-bond donors (Lipinski definition) is 1. The van der Waals surface area contributed by atoms with E-state index in [-0.39, 0.29) is 5.78 Å². The maximum Gasteiger partial charge on any atom is 0.163 e. The van der Waals surface area contributed by atoms with Crippen molar-refractivity contribution < 1.29 is 14.6 Å². The standard InChI is InChI=1S/C16H21NO3/c1-12(18)14-4-2-3-5-15(14)20-9-8-17-10-16(19,11-17)13-6-7-13/h2-5,13,19H,6-11H2,1H3. The largest absolute Gasteiger partial charge is 0.491 e. The highest BCUT2D eigenvalue weighted by Crippen LogP contribution is 2.44. The number of nitrogens with zero attached hydrogens (tertiary/aromatic N) is 1. The number of benzene rings is 1. The Morgan fingerprint density at radius 2 is 2.10 bits per heavy atom. The third-order valence-electron chi connectivity index (χ3n) is 4.26. The first-order valence-electron chi connectivity index (χ1n) is 7.26. The summed E-state index contributed by atoms with van der Waals surface area (Å²) in [4.78, 5) is 13.7. The molecule has 0 spiro atoms. The smallest absolute Gasteiger partial charge is 0.163 e. The monoisotopic (exact) mass is 275 g/mol. The van der Waals surface area contributed by atoms with Gasteiger partial charge in [0.2, 0.25) is 0 Å². The molecule has 0 aromatic heterocycles. The Hall–Kier alpha value is -1.39. The lowest BCUT2D eigenvalue weighted by Gasteiger charge is -2.47. The third kappa shape index (κ3) is 2.72. The first-order chi connectivity index (χ1) is 9.58. The van der Waals surface area contributed by atoms with E-state index in [4.69, 9.17) is 4.74 Å². The molecule has 0 amide bonds. The quantitative estimate of drug-likeness (QED) is 0.803. The van der Waals surface area contributed by atoms with Gasteiger partial charge in [0.15, 0.2) is 5.78 Å². The van der Waals surface area contributed by atoms with Gasteiger partial charge < -0.3 is 9.84 Å². The fraction of sp³-hybridized carbons (Fsp3) is 0.562. The highest BCUT2D eigenvalue weighted by Gasteiger charge is 2.51. The number of ketones is 1. The van der Waals surface area contributed by atoms with Crippen LogP contribution in [0.1, 0.15) is 30.1 Å². The molecule has 1 N–H and O–H groups in total. The molecule has 20 heavy (non-hydrogen) atoms. The molecule has 1 aromatic rings. The van der Waals surface area contributed by atoms with Crippen LogP contribution in [-0.2, 0) is 0 Å². The van der Waals surface area contributed by atoms with Gasteiger partial charge in [-0.25, -0.2) is 0 Å². The molecule has 4 nitrogen and oxygen atoms in total. The Bertz CT molecular complexity index is 504. The van der Waals surface area contributed by atoms with Gasteiger partial charge in [-0.3, -0.25) is 9.69 Å². The zero-order valence-corrected chi connectivity index (χ0v) is 11.8. The summed E-state index contributed by atoms with van der Waals surface area (Å²) in [6.07, 6.45) is 2.35. The van der Waals surface area contributed by atoms with Crippen molar-refractivity contribution in [3.05, 3.63) is 29.8 Å². The molecule has 0 atom stereocenters. The molecule has 2 aliphatic rings. The molecular weight excluding hydrogens is 254 g/mol. The number of carbonyl (C=O) groups is 1. The summed E-state index contributed by atoms with van der Waals surface area (Å²) < 4.78 is 5.70. The number of β-amino-alcohol motifs (C(OH)–C–C–N with tert-alkyl or cyclic N) is 1. The topological polar surface area (TPSA) is 49.8 Å². The van der Waals surface area contributed by atoms with Crippen molar-refractivity contribution in [3.63, 3.8) is 0 Å². The van der Waals surface area contributed by atoms with Gasteiger partial charge in [-0.1, -0.05) is 12.1 Å². The lowest BCUT2D eigenvalue weighted by Crippen LogP contribution is -2.63. The molecule has 1 heterocycles. The lowest BCUT2D eigenvalue weighted by molar-refractivity contribution is -0.115. The minimum absolute atomic E-state index is 0.0210. The van der Waals surface area contributed by atoms with E-state index >= 15 is 0 Å². The van der Waals surface area contributed by atoms with Crippen LogP contribution in [-0.4, -0.2) is 47.6 Å². The predicted molar refractivity (Wildman–Crippen MR) is 76.1 cm³/mol. The molecule has 0 bridgehead atoms. The van der Waals surface area contributed by atoms with Crippen LogP contribution < -0.4 is 4.74 Å². The number of para-hydroxylation sites is 1. The highest BCUT2D eigenvalue weighted by atomic mass is 16.5. The molecule has 108 valence electrons. The Labute approximate surface area is 119 Å². The first-order valence-corrected chi connectivity index (χ1v) is 7.26. The molecule has 1 saturated heterocycles. The van der Waals surface area contributed by atoms with Crippen molar-refractivity contribution in [1.29, 1.82) is 0 Å². The van der Waals surface area contributed by atoms with Crippen molar-refractivity contribution in [2.24, 2.45) is 5.92 Å². The molecule has 1 aliphatic carbocycles. The fourth-order valence-corrected chi connectivity index (χ4v) is 2.93. The van der Waals surface area contributed by atoms with Crippen LogP contribution in [0.2, 0.25) is 0 Å². The van der Waals surface area contributed by atoms with Crippen LogP contribution in [0.4, 0.5) is 0 Å². The number of aliphatic hydroxyl groups is 1. The number of Topliss-reactive ketones (excluding diaryl/α,β-unsaturated/α-hetero) is 1. The van der Waals surface area contributed by atoms with Crippen molar-refractivity contribution in [1.82, 2.24) is 4.90 Å². The van der Waals surface area contributed by atoms with Gasteiger partial charge in [-0.15, -0.1) is 0 Å². The number of rotatable bonds is 6. The molecule has 3 rings (SSSR count). The van der Waals surface area contributed by atoms with Gasteiger partial charge in [-0.05, 0) is 37.8 Å². The molecule has 1 saturated carbocycles. The summed E-state index contributed by atoms with van der Waals surface area (Å²) in [6, 6.07) is 7.33. The molecular formula is C16H21NO3. The summed E-state index contributed by atoms with van der Waals surface area (Å²) in [7, 11) is 0. The minimum atomic E-state index is -0.433. The number of ether oxygens (including phenoxy) is 1. The van der Waals surface area contributed by atoms with Crippen molar-refractivity contribution in [2.45, 2.75) is 25.4 Å². The molecule has 0 unspecified atom stereocenters. The van der Waals surface area contributed by atoms with Gasteiger partial charge >= 0.3 is 0 Å². The van der Waals surface area contributed by atoms with Gasteiger partial charge in [0.05, 0.1) is 11.2 Å². The Morgan fingerprint density at radius 3 is 2.75 bits per heavy atom. The maximum atomic E-state index is 11.5. The van der Waals surface area contributed by atoms with Crippen LogP contribution in [0.3, 0.4) is 0 Å². The minimum Gasteiger partial charge on any atom is -0.491 e. The summed E-state index contributed by atoms with van der Waals surface area (Å²) in [6.45, 7) is 4.41. The Morgan fingerprint density at radius 1 is 1.40 bits per heavy atom.